The zero-order valence-corrected chi connectivity index (χ0v) is 18.2. The number of fused-ring (bicyclic) bond motifs is 1. The van der Waals surface area contributed by atoms with Gasteiger partial charge in [0.1, 0.15) is 12.3 Å². The largest absolute Gasteiger partial charge is 0.467 e. The van der Waals surface area contributed by atoms with Crippen LogP contribution in [0, 0.1) is 0 Å². The number of carbonyl (C=O) groups is 2. The van der Waals surface area contributed by atoms with Gasteiger partial charge in [0.05, 0.1) is 29.1 Å². The predicted octanol–water partition coefficient (Wildman–Crippen LogP) is 3.48. The van der Waals surface area contributed by atoms with Crippen molar-refractivity contribution in [2.45, 2.75) is 25.8 Å². The van der Waals surface area contributed by atoms with Crippen molar-refractivity contribution < 1.29 is 14.0 Å². The van der Waals surface area contributed by atoms with E-state index in [0.29, 0.717) is 41.8 Å². The Kier molecular flexibility index (Phi) is 5.89. The molecule has 168 valence electrons. The fourth-order valence-electron chi connectivity index (χ4n) is 4.16. The number of furan rings is 1. The van der Waals surface area contributed by atoms with E-state index in [0.717, 1.165) is 37.3 Å². The number of amides is 2. The first-order valence-corrected chi connectivity index (χ1v) is 11.2. The van der Waals surface area contributed by atoms with Crippen molar-refractivity contribution in [2.24, 2.45) is 0 Å². The van der Waals surface area contributed by atoms with Gasteiger partial charge in [-0.3, -0.25) is 9.59 Å². The summed E-state index contributed by atoms with van der Waals surface area (Å²) in [5.74, 6) is 0.591. The lowest BCUT2D eigenvalue weighted by molar-refractivity contribution is -0.129. The summed E-state index contributed by atoms with van der Waals surface area (Å²) in [7, 11) is 0. The van der Waals surface area contributed by atoms with Gasteiger partial charge in [-0.2, -0.15) is 5.10 Å². The van der Waals surface area contributed by atoms with E-state index in [-0.39, 0.29) is 11.8 Å². The van der Waals surface area contributed by atoms with E-state index in [1.54, 1.807) is 23.2 Å². The number of rotatable bonds is 7. The fourth-order valence-corrected chi connectivity index (χ4v) is 4.16. The number of aromatic nitrogens is 3. The average Bonchev–Trinajstić information content (AvgIpc) is 3.62. The van der Waals surface area contributed by atoms with Crippen LogP contribution in [-0.4, -0.2) is 51.1 Å². The molecule has 0 unspecified atom stereocenters. The zero-order valence-electron chi connectivity index (χ0n) is 18.2. The first-order chi connectivity index (χ1) is 16.2. The maximum atomic E-state index is 13.2. The van der Waals surface area contributed by atoms with Gasteiger partial charge in [0.15, 0.2) is 5.65 Å². The summed E-state index contributed by atoms with van der Waals surface area (Å²) in [6.07, 6.45) is 5.68. The van der Waals surface area contributed by atoms with E-state index in [1.165, 1.54) is 0 Å². The van der Waals surface area contributed by atoms with Gasteiger partial charge in [-0.05, 0) is 31.0 Å². The number of likely N-dealkylation sites (tertiary alicyclic amines) is 1. The van der Waals surface area contributed by atoms with Crippen LogP contribution in [0.2, 0.25) is 0 Å². The van der Waals surface area contributed by atoms with Crippen LogP contribution in [0.5, 0.6) is 0 Å². The molecule has 1 aromatic carbocycles. The summed E-state index contributed by atoms with van der Waals surface area (Å²) in [6.45, 7) is 2.33. The monoisotopic (exact) mass is 443 g/mol. The fraction of sp³-hybridized carbons (Fsp3) is 0.280. The standard InChI is InChI=1S/C25H25N5O3/c31-23(29-12-4-5-13-29)10-11-26-25(32)20-15-22(18-7-2-1-3-8-18)28-24-21(20)16-27-30(24)17-19-9-6-14-33-19/h1-3,6-9,14-16H,4-5,10-13,17H2,(H,26,32). The molecular formula is C25H25N5O3. The third-order valence-corrected chi connectivity index (χ3v) is 5.89. The molecule has 4 aromatic rings. The van der Waals surface area contributed by atoms with Gasteiger partial charge in [-0.15, -0.1) is 0 Å². The van der Waals surface area contributed by atoms with Gasteiger partial charge in [0.2, 0.25) is 5.91 Å². The topological polar surface area (TPSA) is 93.3 Å². The molecule has 0 atom stereocenters. The number of nitrogens with zero attached hydrogens (tertiary/aromatic N) is 4. The highest BCUT2D eigenvalue weighted by Crippen LogP contribution is 2.25. The Morgan fingerprint density at radius 3 is 2.64 bits per heavy atom. The van der Waals surface area contributed by atoms with Crippen molar-refractivity contribution in [2.75, 3.05) is 19.6 Å². The Hall–Kier alpha value is -3.94. The molecule has 0 aliphatic carbocycles. The zero-order chi connectivity index (χ0) is 22.6. The highest BCUT2D eigenvalue weighted by atomic mass is 16.3. The van der Waals surface area contributed by atoms with E-state index in [2.05, 4.69) is 10.4 Å². The van der Waals surface area contributed by atoms with Gasteiger partial charge in [-0.25, -0.2) is 9.67 Å². The molecule has 33 heavy (non-hydrogen) atoms. The minimum atomic E-state index is -0.244. The first kappa shape index (κ1) is 20.9. The molecule has 8 heteroatoms. The molecule has 2 amide bonds. The van der Waals surface area contributed by atoms with Gasteiger partial charge in [-0.1, -0.05) is 30.3 Å². The smallest absolute Gasteiger partial charge is 0.252 e. The third-order valence-electron chi connectivity index (χ3n) is 5.89. The minimum Gasteiger partial charge on any atom is -0.467 e. The van der Waals surface area contributed by atoms with Gasteiger partial charge in [0.25, 0.3) is 5.91 Å². The Morgan fingerprint density at radius 2 is 1.88 bits per heavy atom. The Bertz CT molecular complexity index is 1260. The van der Waals surface area contributed by atoms with E-state index in [4.69, 9.17) is 9.40 Å². The van der Waals surface area contributed by atoms with Crippen molar-refractivity contribution in [1.29, 1.82) is 0 Å². The highest BCUT2D eigenvalue weighted by molar-refractivity contribution is 6.06. The van der Waals surface area contributed by atoms with Crippen LogP contribution in [0.3, 0.4) is 0 Å². The van der Waals surface area contributed by atoms with E-state index in [9.17, 15) is 9.59 Å². The van der Waals surface area contributed by atoms with Gasteiger partial charge in [0, 0.05) is 31.6 Å². The van der Waals surface area contributed by atoms with Crippen molar-refractivity contribution in [3.63, 3.8) is 0 Å². The molecule has 0 saturated carbocycles. The number of benzene rings is 1. The minimum absolute atomic E-state index is 0.0870. The van der Waals surface area contributed by atoms with E-state index in [1.807, 2.05) is 47.4 Å². The normalized spacial score (nSPS) is 13.5. The second-order valence-corrected chi connectivity index (χ2v) is 8.13. The molecule has 1 aliphatic rings. The second kappa shape index (κ2) is 9.28. The van der Waals surface area contributed by atoms with Crippen LogP contribution in [-0.2, 0) is 11.3 Å². The molecule has 1 fully saturated rings. The molecule has 0 radical (unpaired) electrons. The molecule has 3 aromatic heterocycles. The summed E-state index contributed by atoms with van der Waals surface area (Å²) in [6, 6.07) is 15.2. The van der Waals surface area contributed by atoms with Crippen molar-refractivity contribution >= 4 is 22.8 Å². The van der Waals surface area contributed by atoms with Crippen LogP contribution in [0.1, 0.15) is 35.4 Å². The maximum Gasteiger partial charge on any atom is 0.252 e. The number of carbonyl (C=O) groups excluding carboxylic acids is 2. The molecule has 5 rings (SSSR count). The number of hydrogen-bond donors (Lipinski definition) is 1. The predicted molar refractivity (Wildman–Crippen MR) is 124 cm³/mol. The molecule has 0 bridgehead atoms. The van der Waals surface area contributed by atoms with Crippen molar-refractivity contribution in [1.82, 2.24) is 25.0 Å². The molecule has 4 heterocycles. The molecule has 8 nitrogen and oxygen atoms in total. The third kappa shape index (κ3) is 4.50. The Morgan fingerprint density at radius 1 is 1.06 bits per heavy atom. The van der Waals surface area contributed by atoms with E-state index < -0.39 is 0 Å². The Labute approximate surface area is 191 Å². The number of pyridine rings is 1. The lowest BCUT2D eigenvalue weighted by atomic mass is 10.1. The van der Waals surface area contributed by atoms with Gasteiger partial charge >= 0.3 is 0 Å². The summed E-state index contributed by atoms with van der Waals surface area (Å²) >= 11 is 0. The van der Waals surface area contributed by atoms with Crippen LogP contribution >= 0.6 is 0 Å². The summed E-state index contributed by atoms with van der Waals surface area (Å²) in [4.78, 5) is 32.1. The van der Waals surface area contributed by atoms with Crippen LogP contribution < -0.4 is 5.32 Å². The van der Waals surface area contributed by atoms with Gasteiger partial charge < -0.3 is 14.6 Å². The molecule has 1 aliphatic heterocycles. The van der Waals surface area contributed by atoms with E-state index >= 15 is 0 Å². The molecule has 1 saturated heterocycles. The Balaban J connectivity index is 1.43. The summed E-state index contributed by atoms with van der Waals surface area (Å²) < 4.78 is 7.19. The summed E-state index contributed by atoms with van der Waals surface area (Å²) in [5, 5.41) is 8.03. The lowest BCUT2D eigenvalue weighted by Crippen LogP contribution is -2.32. The lowest BCUT2D eigenvalue weighted by Gasteiger charge is -2.15. The highest BCUT2D eigenvalue weighted by Gasteiger charge is 2.20. The first-order valence-electron chi connectivity index (χ1n) is 11.2. The number of nitrogens with one attached hydrogen (secondary N) is 1. The van der Waals surface area contributed by atoms with Crippen LogP contribution in [0.4, 0.5) is 0 Å². The second-order valence-electron chi connectivity index (χ2n) is 8.13. The maximum absolute atomic E-state index is 13.2. The van der Waals surface area contributed by atoms with Crippen molar-refractivity contribution in [3.05, 3.63) is 72.3 Å². The summed E-state index contributed by atoms with van der Waals surface area (Å²) in [5.41, 5.74) is 2.68. The quantitative estimate of drug-likeness (QED) is 0.472. The number of hydrogen-bond acceptors (Lipinski definition) is 5. The molecule has 1 N–H and O–H groups in total. The molecule has 0 spiro atoms. The van der Waals surface area contributed by atoms with Crippen LogP contribution in [0.25, 0.3) is 22.3 Å². The van der Waals surface area contributed by atoms with Crippen molar-refractivity contribution in [3.8, 4) is 11.3 Å². The SMILES string of the molecule is O=C(NCCC(=O)N1CCCC1)c1cc(-c2ccccc2)nc2c1cnn2Cc1ccco1. The molecular weight excluding hydrogens is 418 g/mol. The average molecular weight is 444 g/mol. The van der Waals surface area contributed by atoms with Crippen LogP contribution in [0.15, 0.2) is 65.4 Å².